The molecule has 100 heavy (non-hydrogen) atoms. The highest BCUT2D eigenvalue weighted by Crippen LogP contribution is 2.45. The van der Waals surface area contributed by atoms with E-state index in [1.54, 1.807) is 0 Å². The Balaban J connectivity index is 5.22. The van der Waals surface area contributed by atoms with Crippen LogP contribution in [0.5, 0.6) is 0 Å². The van der Waals surface area contributed by atoms with Crippen molar-refractivity contribution < 1.29 is 80.2 Å². The molecule has 0 rings (SSSR count). The fourth-order valence-corrected chi connectivity index (χ4v) is 14.2. The molecule has 594 valence electrons. The van der Waals surface area contributed by atoms with Gasteiger partial charge < -0.3 is 33.8 Å². The lowest BCUT2D eigenvalue weighted by Gasteiger charge is -2.21. The second-order valence-electron chi connectivity index (χ2n) is 29.2. The zero-order valence-electron chi connectivity index (χ0n) is 65.2. The van der Waals surface area contributed by atoms with Gasteiger partial charge in [0.1, 0.15) is 19.3 Å². The minimum absolute atomic E-state index is 0.109. The van der Waals surface area contributed by atoms with Crippen LogP contribution in [0, 0.1) is 0 Å². The van der Waals surface area contributed by atoms with E-state index in [-0.39, 0.29) is 25.7 Å². The summed E-state index contributed by atoms with van der Waals surface area (Å²) >= 11 is 0. The molecule has 0 aliphatic heterocycles. The van der Waals surface area contributed by atoms with E-state index in [0.717, 1.165) is 89.9 Å². The number of phosphoric ester groups is 2. The molecule has 2 unspecified atom stereocenters. The van der Waals surface area contributed by atoms with Crippen LogP contribution < -0.4 is 0 Å². The topological polar surface area (TPSA) is 237 Å². The van der Waals surface area contributed by atoms with E-state index in [9.17, 15) is 43.2 Å². The van der Waals surface area contributed by atoms with Crippen molar-refractivity contribution in [1.29, 1.82) is 0 Å². The largest absolute Gasteiger partial charge is 0.472 e. The first-order valence-corrected chi connectivity index (χ1v) is 45.3. The van der Waals surface area contributed by atoms with Gasteiger partial charge in [-0.15, -0.1) is 0 Å². The van der Waals surface area contributed by atoms with Crippen LogP contribution in [0.4, 0.5) is 0 Å². The molecule has 17 nitrogen and oxygen atoms in total. The van der Waals surface area contributed by atoms with Crippen molar-refractivity contribution in [2.24, 2.45) is 0 Å². The lowest BCUT2D eigenvalue weighted by atomic mass is 10.0. The first kappa shape index (κ1) is 98.1. The molecule has 0 saturated heterocycles. The van der Waals surface area contributed by atoms with Crippen LogP contribution in [0.1, 0.15) is 439 Å². The second kappa shape index (κ2) is 75.3. The van der Waals surface area contributed by atoms with Crippen LogP contribution >= 0.6 is 15.6 Å². The number of phosphoric acid groups is 2. The maximum Gasteiger partial charge on any atom is 0.472 e. The molecule has 19 heteroatoms. The average Bonchev–Trinajstić information content (AvgIpc) is 0.932. The normalized spacial score (nSPS) is 13.8. The molecule has 0 radical (unpaired) electrons. The highest BCUT2D eigenvalue weighted by Gasteiger charge is 2.30. The smallest absolute Gasteiger partial charge is 0.462 e. The molecule has 0 aliphatic carbocycles. The Kier molecular flexibility index (Phi) is 73.8. The number of esters is 4. The van der Waals surface area contributed by atoms with E-state index >= 15 is 0 Å². The molecular weight excluding hydrogens is 1310 g/mol. The molecule has 0 spiro atoms. The SMILES string of the molecule is CCCCCCCCCCCCCCCCCCCCCCCC(=O)O[C@H](COC(=O)CCCCCCCCCCCCCCCC)COP(=O)(O)OC[C@@H](O)COP(=O)(O)OC[C@@H](COC(=O)CCCCCCCCCCCCC)OC(=O)CCCCCCCCCCCCCCCC. The van der Waals surface area contributed by atoms with Gasteiger partial charge in [0.15, 0.2) is 12.2 Å². The molecule has 0 aliphatic rings. The van der Waals surface area contributed by atoms with E-state index in [4.69, 9.17) is 37.0 Å². The summed E-state index contributed by atoms with van der Waals surface area (Å²) in [5.74, 6) is -2.10. The van der Waals surface area contributed by atoms with E-state index in [0.29, 0.717) is 25.7 Å². The third-order valence-electron chi connectivity index (χ3n) is 19.1. The highest BCUT2D eigenvalue weighted by atomic mass is 31.2. The van der Waals surface area contributed by atoms with Crippen LogP contribution in [0.3, 0.4) is 0 Å². The standard InChI is InChI=1S/C81H158O17P2/c1-5-9-13-17-21-25-29-32-35-36-37-38-39-40-41-44-48-52-56-60-64-68-81(86)98-77(72-92-79(84)66-62-58-54-50-46-42-33-30-26-22-18-14-10-6-2)74-96-100(89,90)94-70-75(82)69-93-99(87,88)95-73-76(71-91-78(83)65-61-57-53-49-45-28-24-20-16-12-8-4)97-80(85)67-63-59-55-51-47-43-34-31-27-23-19-15-11-7-3/h75-77,82H,5-74H2,1-4H3,(H,87,88)(H,89,90)/t75-,76+,77+/m0/s1. The fourth-order valence-electron chi connectivity index (χ4n) is 12.6. The second-order valence-corrected chi connectivity index (χ2v) is 32.1. The van der Waals surface area contributed by atoms with Gasteiger partial charge in [0.2, 0.25) is 0 Å². The number of carbonyl (C=O) groups excluding carboxylic acids is 4. The lowest BCUT2D eigenvalue weighted by molar-refractivity contribution is -0.161. The van der Waals surface area contributed by atoms with Gasteiger partial charge in [-0.2, -0.15) is 0 Å². The predicted octanol–water partition coefficient (Wildman–Crippen LogP) is 24.6. The van der Waals surface area contributed by atoms with Gasteiger partial charge in [0, 0.05) is 25.7 Å². The van der Waals surface area contributed by atoms with Crippen molar-refractivity contribution in [3.8, 4) is 0 Å². The summed E-state index contributed by atoms with van der Waals surface area (Å²) < 4.78 is 68.7. The zero-order chi connectivity index (χ0) is 73.2. The number of hydrogen-bond donors (Lipinski definition) is 3. The van der Waals surface area contributed by atoms with E-state index in [2.05, 4.69) is 27.7 Å². The minimum atomic E-state index is -4.96. The molecule has 0 saturated carbocycles. The Hall–Kier alpha value is -1.94. The molecule has 0 fully saturated rings. The van der Waals surface area contributed by atoms with Gasteiger partial charge in [-0.1, -0.05) is 387 Å². The quantitative estimate of drug-likeness (QED) is 0.0222. The van der Waals surface area contributed by atoms with Crippen molar-refractivity contribution in [3.63, 3.8) is 0 Å². The summed E-state index contributed by atoms with van der Waals surface area (Å²) in [6, 6.07) is 0. The predicted molar refractivity (Wildman–Crippen MR) is 409 cm³/mol. The van der Waals surface area contributed by atoms with Crippen molar-refractivity contribution in [3.05, 3.63) is 0 Å². The number of aliphatic hydroxyl groups excluding tert-OH is 1. The molecule has 0 bridgehead atoms. The van der Waals surface area contributed by atoms with Crippen LogP contribution in [0.15, 0.2) is 0 Å². The van der Waals surface area contributed by atoms with Gasteiger partial charge in [-0.3, -0.25) is 37.3 Å². The maximum atomic E-state index is 13.1. The van der Waals surface area contributed by atoms with Crippen LogP contribution in [-0.4, -0.2) is 96.7 Å². The van der Waals surface area contributed by atoms with Gasteiger partial charge in [0.25, 0.3) is 0 Å². The van der Waals surface area contributed by atoms with Crippen molar-refractivity contribution in [2.75, 3.05) is 39.6 Å². The monoisotopic (exact) mass is 1470 g/mol. The molecular formula is C81H158O17P2. The molecule has 0 aromatic rings. The van der Waals surface area contributed by atoms with Gasteiger partial charge >= 0.3 is 39.5 Å². The molecule has 0 amide bonds. The van der Waals surface area contributed by atoms with Crippen molar-refractivity contribution >= 4 is 39.5 Å². The van der Waals surface area contributed by atoms with Crippen molar-refractivity contribution in [1.82, 2.24) is 0 Å². The number of ether oxygens (including phenoxy) is 4. The third kappa shape index (κ3) is 74.3. The van der Waals surface area contributed by atoms with E-state index < -0.39 is 97.5 Å². The van der Waals surface area contributed by atoms with Gasteiger partial charge in [0.05, 0.1) is 26.4 Å². The molecule has 0 aromatic heterocycles. The van der Waals surface area contributed by atoms with E-state index in [1.807, 2.05) is 0 Å². The molecule has 0 heterocycles. The summed E-state index contributed by atoms with van der Waals surface area (Å²) in [5.41, 5.74) is 0. The average molecular weight is 1470 g/mol. The van der Waals surface area contributed by atoms with Crippen LogP contribution in [-0.2, 0) is 65.4 Å². The fraction of sp³-hybridized carbons (Fsp3) is 0.951. The molecule has 3 N–H and O–H groups in total. The summed E-state index contributed by atoms with van der Waals surface area (Å²) in [6.07, 6.45) is 67.9. The lowest BCUT2D eigenvalue weighted by Crippen LogP contribution is -2.30. The summed E-state index contributed by atoms with van der Waals surface area (Å²) in [6.45, 7) is 5.03. The van der Waals surface area contributed by atoms with E-state index in [1.165, 1.54) is 270 Å². The van der Waals surface area contributed by atoms with Gasteiger partial charge in [-0.25, -0.2) is 9.13 Å². The third-order valence-corrected chi connectivity index (χ3v) is 21.0. The summed E-state index contributed by atoms with van der Waals surface area (Å²) in [7, 11) is -9.92. The number of carbonyl (C=O) groups is 4. The number of rotatable bonds is 82. The maximum absolute atomic E-state index is 13.1. The Morgan fingerprint density at radius 3 is 0.590 bits per heavy atom. The minimum Gasteiger partial charge on any atom is -0.462 e. The Bertz CT molecular complexity index is 1890. The highest BCUT2D eigenvalue weighted by molar-refractivity contribution is 7.47. The Morgan fingerprint density at radius 2 is 0.400 bits per heavy atom. The van der Waals surface area contributed by atoms with Gasteiger partial charge in [-0.05, 0) is 25.7 Å². The zero-order valence-corrected chi connectivity index (χ0v) is 67.0. The molecule has 0 aromatic carbocycles. The van der Waals surface area contributed by atoms with Crippen molar-refractivity contribution in [2.45, 2.75) is 457 Å². The van der Waals surface area contributed by atoms with Crippen LogP contribution in [0.2, 0.25) is 0 Å². The Morgan fingerprint density at radius 1 is 0.240 bits per heavy atom. The summed E-state index contributed by atoms with van der Waals surface area (Å²) in [4.78, 5) is 73.0. The number of unbranched alkanes of at least 4 members (excludes halogenated alkanes) is 56. The number of aliphatic hydroxyl groups is 1. The first-order chi connectivity index (χ1) is 48.7. The Labute approximate surface area is 613 Å². The number of hydrogen-bond acceptors (Lipinski definition) is 15. The first-order valence-electron chi connectivity index (χ1n) is 42.3. The van der Waals surface area contributed by atoms with Crippen LogP contribution in [0.25, 0.3) is 0 Å². The molecule has 5 atom stereocenters. The summed E-state index contributed by atoms with van der Waals surface area (Å²) in [5, 5.41) is 10.6.